The van der Waals surface area contributed by atoms with Crippen LogP contribution in [0.4, 0.5) is 4.79 Å². The Morgan fingerprint density at radius 2 is 1.76 bits per heavy atom. The smallest absolute Gasteiger partial charge is 0.315 e. The number of urea groups is 1. The number of nitrogens with one attached hydrogen (secondary N) is 2. The van der Waals surface area contributed by atoms with E-state index < -0.39 is 11.4 Å². The first kappa shape index (κ1) is 16.0. The van der Waals surface area contributed by atoms with Crippen LogP contribution in [0.2, 0.25) is 0 Å². The first-order valence-corrected chi connectivity index (χ1v) is 7.55. The summed E-state index contributed by atoms with van der Waals surface area (Å²) in [6.45, 7) is 0.944. The summed E-state index contributed by atoms with van der Waals surface area (Å²) in [4.78, 5) is 23.4. The molecular formula is C14H24N2O5. The lowest BCUT2D eigenvalue weighted by atomic mass is 9.80. The van der Waals surface area contributed by atoms with E-state index >= 15 is 0 Å². The molecule has 7 heteroatoms. The molecule has 1 aliphatic carbocycles. The first-order chi connectivity index (χ1) is 10.0. The average molecular weight is 300 g/mol. The highest BCUT2D eigenvalue weighted by Crippen LogP contribution is 2.30. The Morgan fingerprint density at radius 1 is 1.14 bits per heavy atom. The highest BCUT2D eigenvalue weighted by atomic mass is 16.5. The quantitative estimate of drug-likeness (QED) is 0.603. The van der Waals surface area contributed by atoms with Crippen LogP contribution in [0.5, 0.6) is 0 Å². The van der Waals surface area contributed by atoms with Crippen molar-refractivity contribution in [2.75, 3.05) is 19.8 Å². The average Bonchev–Trinajstić information content (AvgIpc) is 2.48. The monoisotopic (exact) mass is 300 g/mol. The van der Waals surface area contributed by atoms with Gasteiger partial charge in [-0.1, -0.05) is 0 Å². The summed E-state index contributed by atoms with van der Waals surface area (Å²) < 4.78 is 5.20. The number of aliphatic hydroxyl groups excluding tert-OH is 1. The van der Waals surface area contributed by atoms with Crippen LogP contribution >= 0.6 is 0 Å². The summed E-state index contributed by atoms with van der Waals surface area (Å²) in [7, 11) is 0. The molecule has 2 fully saturated rings. The Kier molecular flexibility index (Phi) is 5.41. The number of hydrogen-bond acceptors (Lipinski definition) is 4. The van der Waals surface area contributed by atoms with Gasteiger partial charge in [-0.05, 0) is 38.5 Å². The highest BCUT2D eigenvalue weighted by molar-refractivity contribution is 5.78. The Labute approximate surface area is 124 Å². The number of carbonyl (C=O) groups is 2. The number of amides is 2. The van der Waals surface area contributed by atoms with E-state index in [1.165, 1.54) is 0 Å². The minimum atomic E-state index is -0.918. The van der Waals surface area contributed by atoms with Gasteiger partial charge in [0.25, 0.3) is 0 Å². The van der Waals surface area contributed by atoms with Gasteiger partial charge >= 0.3 is 12.0 Å². The van der Waals surface area contributed by atoms with Crippen LogP contribution < -0.4 is 10.6 Å². The van der Waals surface area contributed by atoms with E-state index in [4.69, 9.17) is 4.74 Å². The topological polar surface area (TPSA) is 108 Å². The molecule has 4 N–H and O–H groups in total. The van der Waals surface area contributed by atoms with E-state index in [1.54, 1.807) is 0 Å². The lowest BCUT2D eigenvalue weighted by Crippen LogP contribution is -2.51. The standard InChI is InChI=1S/C14H24N2O5/c17-11-3-1-10(2-4-11)16-13(20)15-9-14(12(18)19)5-7-21-8-6-14/h10-11,17H,1-9H2,(H,18,19)(H2,15,16,20). The Balaban J connectivity index is 1.78. The molecule has 0 spiro atoms. The van der Waals surface area contributed by atoms with E-state index in [9.17, 15) is 19.8 Å². The van der Waals surface area contributed by atoms with Crippen molar-refractivity contribution in [3.8, 4) is 0 Å². The minimum Gasteiger partial charge on any atom is -0.481 e. The molecule has 120 valence electrons. The Hall–Kier alpha value is -1.34. The molecule has 0 radical (unpaired) electrons. The molecular weight excluding hydrogens is 276 g/mol. The van der Waals surface area contributed by atoms with Gasteiger partial charge in [0, 0.05) is 25.8 Å². The third-order valence-corrected chi connectivity index (χ3v) is 4.52. The SMILES string of the molecule is O=C(NCC1(C(=O)O)CCOCC1)NC1CCC(O)CC1. The van der Waals surface area contributed by atoms with E-state index in [0.29, 0.717) is 38.9 Å². The molecule has 0 unspecified atom stereocenters. The van der Waals surface area contributed by atoms with Crippen molar-refractivity contribution in [2.45, 2.75) is 50.7 Å². The van der Waals surface area contributed by atoms with Gasteiger partial charge in [0.05, 0.1) is 11.5 Å². The molecule has 21 heavy (non-hydrogen) atoms. The lowest BCUT2D eigenvalue weighted by molar-refractivity contribution is -0.154. The molecule has 1 aliphatic heterocycles. The fourth-order valence-electron chi connectivity index (χ4n) is 2.93. The highest BCUT2D eigenvalue weighted by Gasteiger charge is 2.40. The summed E-state index contributed by atoms with van der Waals surface area (Å²) in [6.07, 6.45) is 3.47. The number of ether oxygens (including phenoxy) is 1. The van der Waals surface area contributed by atoms with E-state index in [1.807, 2.05) is 0 Å². The largest absolute Gasteiger partial charge is 0.481 e. The van der Waals surface area contributed by atoms with Crippen LogP contribution in [-0.2, 0) is 9.53 Å². The predicted molar refractivity (Wildman–Crippen MR) is 74.9 cm³/mol. The number of carbonyl (C=O) groups excluding carboxylic acids is 1. The van der Waals surface area contributed by atoms with Crippen molar-refractivity contribution < 1.29 is 24.5 Å². The van der Waals surface area contributed by atoms with Crippen molar-refractivity contribution in [3.63, 3.8) is 0 Å². The van der Waals surface area contributed by atoms with Crippen LogP contribution in [0.1, 0.15) is 38.5 Å². The molecule has 1 saturated carbocycles. The van der Waals surface area contributed by atoms with E-state index in [2.05, 4.69) is 10.6 Å². The maximum atomic E-state index is 11.9. The molecule has 1 heterocycles. The summed E-state index contributed by atoms with van der Waals surface area (Å²) in [6, 6.07) is -0.271. The van der Waals surface area contributed by atoms with Gasteiger partial charge in [0.15, 0.2) is 0 Å². The summed E-state index contributed by atoms with van der Waals surface area (Å²) in [5.74, 6) is -0.883. The zero-order valence-electron chi connectivity index (χ0n) is 12.1. The number of aliphatic hydroxyl groups is 1. The van der Waals surface area contributed by atoms with Gasteiger partial charge in [-0.3, -0.25) is 4.79 Å². The van der Waals surface area contributed by atoms with Gasteiger partial charge in [0.2, 0.25) is 0 Å². The van der Waals surface area contributed by atoms with Gasteiger partial charge in [0.1, 0.15) is 0 Å². The Bertz CT molecular complexity index is 374. The van der Waals surface area contributed by atoms with Crippen LogP contribution in [-0.4, -0.2) is 54.1 Å². The summed E-state index contributed by atoms with van der Waals surface area (Å²) >= 11 is 0. The van der Waals surface area contributed by atoms with Gasteiger partial charge in [-0.15, -0.1) is 0 Å². The van der Waals surface area contributed by atoms with Crippen molar-refractivity contribution in [1.82, 2.24) is 10.6 Å². The molecule has 0 aromatic rings. The zero-order valence-corrected chi connectivity index (χ0v) is 12.1. The second kappa shape index (κ2) is 7.09. The van der Waals surface area contributed by atoms with Crippen LogP contribution in [0.15, 0.2) is 0 Å². The normalized spacial score (nSPS) is 28.6. The molecule has 7 nitrogen and oxygen atoms in total. The van der Waals surface area contributed by atoms with Crippen LogP contribution in [0.3, 0.4) is 0 Å². The molecule has 0 bridgehead atoms. The third kappa shape index (κ3) is 4.31. The van der Waals surface area contributed by atoms with Crippen LogP contribution in [0.25, 0.3) is 0 Å². The maximum Gasteiger partial charge on any atom is 0.315 e. The number of aliphatic carboxylic acids is 1. The fourth-order valence-corrected chi connectivity index (χ4v) is 2.93. The van der Waals surface area contributed by atoms with Gasteiger partial charge in [-0.2, -0.15) is 0 Å². The third-order valence-electron chi connectivity index (χ3n) is 4.52. The van der Waals surface area contributed by atoms with Gasteiger partial charge < -0.3 is 25.6 Å². The van der Waals surface area contributed by atoms with E-state index in [0.717, 1.165) is 12.8 Å². The van der Waals surface area contributed by atoms with E-state index in [-0.39, 0.29) is 24.7 Å². The number of rotatable bonds is 4. The van der Waals surface area contributed by atoms with Crippen molar-refractivity contribution in [1.29, 1.82) is 0 Å². The molecule has 2 aliphatic rings. The molecule has 1 saturated heterocycles. The molecule has 0 aromatic heterocycles. The predicted octanol–water partition coefficient (Wildman–Crippen LogP) is 0.470. The van der Waals surface area contributed by atoms with Crippen molar-refractivity contribution >= 4 is 12.0 Å². The number of carboxylic acids is 1. The lowest BCUT2D eigenvalue weighted by Gasteiger charge is -2.33. The second-order valence-corrected chi connectivity index (χ2v) is 6.03. The Morgan fingerprint density at radius 3 is 2.33 bits per heavy atom. The second-order valence-electron chi connectivity index (χ2n) is 6.03. The van der Waals surface area contributed by atoms with Crippen LogP contribution in [0, 0.1) is 5.41 Å². The minimum absolute atomic E-state index is 0.0591. The first-order valence-electron chi connectivity index (χ1n) is 7.55. The maximum absolute atomic E-state index is 11.9. The van der Waals surface area contributed by atoms with Crippen molar-refractivity contribution in [2.24, 2.45) is 5.41 Å². The van der Waals surface area contributed by atoms with Crippen molar-refractivity contribution in [3.05, 3.63) is 0 Å². The molecule has 0 aromatic carbocycles. The summed E-state index contributed by atoms with van der Waals surface area (Å²) in [5.41, 5.74) is -0.918. The molecule has 0 atom stereocenters. The molecule has 2 rings (SSSR count). The fraction of sp³-hybridized carbons (Fsp3) is 0.857. The zero-order chi connectivity index (χ0) is 15.3. The molecule has 2 amide bonds. The van der Waals surface area contributed by atoms with Gasteiger partial charge in [-0.25, -0.2) is 4.79 Å². The summed E-state index contributed by atoms with van der Waals surface area (Å²) in [5, 5.41) is 24.4. The number of carboxylic acid groups (broad SMARTS) is 1. The number of hydrogen-bond donors (Lipinski definition) is 4.